The van der Waals surface area contributed by atoms with Gasteiger partial charge in [0.2, 0.25) is 0 Å². The van der Waals surface area contributed by atoms with Gasteiger partial charge in [-0.05, 0) is 56.2 Å². The van der Waals surface area contributed by atoms with Crippen LogP contribution in [0.25, 0.3) is 0 Å². The summed E-state index contributed by atoms with van der Waals surface area (Å²) in [5, 5.41) is 5.18. The third-order valence-corrected chi connectivity index (χ3v) is 3.67. The lowest BCUT2D eigenvalue weighted by Gasteiger charge is -2.19. The molecule has 0 atom stereocenters. The van der Waals surface area contributed by atoms with E-state index in [1.54, 1.807) is 31.4 Å². The van der Waals surface area contributed by atoms with Crippen molar-refractivity contribution in [1.82, 2.24) is 5.32 Å². The Balaban J connectivity index is 1.86. The van der Waals surface area contributed by atoms with Gasteiger partial charge in [-0.2, -0.15) is 0 Å². The second-order valence-electron chi connectivity index (χ2n) is 7.09. The minimum atomic E-state index is -0.715. The average molecular weight is 370 g/mol. The summed E-state index contributed by atoms with van der Waals surface area (Å²) < 4.78 is 10.8. The highest BCUT2D eigenvalue weighted by molar-refractivity contribution is 6.39. The van der Waals surface area contributed by atoms with Crippen LogP contribution in [0, 0.1) is 0 Å². The van der Waals surface area contributed by atoms with Crippen molar-refractivity contribution in [2.75, 3.05) is 12.4 Å². The molecule has 0 heterocycles. The highest BCUT2D eigenvalue weighted by Gasteiger charge is 2.14. The highest BCUT2D eigenvalue weighted by Crippen LogP contribution is 2.15. The van der Waals surface area contributed by atoms with Crippen molar-refractivity contribution in [3.05, 3.63) is 59.7 Å². The second-order valence-corrected chi connectivity index (χ2v) is 7.09. The van der Waals surface area contributed by atoms with Gasteiger partial charge in [-0.15, -0.1) is 0 Å². The van der Waals surface area contributed by atoms with E-state index in [0.29, 0.717) is 18.0 Å². The van der Waals surface area contributed by atoms with E-state index in [1.165, 1.54) is 0 Å². The topological polar surface area (TPSA) is 76.7 Å². The molecule has 0 aromatic heterocycles. The third kappa shape index (κ3) is 7.11. The quantitative estimate of drug-likeness (QED) is 0.765. The fourth-order valence-electron chi connectivity index (χ4n) is 2.25. The van der Waals surface area contributed by atoms with E-state index in [9.17, 15) is 9.59 Å². The minimum Gasteiger partial charge on any atom is -0.497 e. The molecule has 2 rings (SSSR count). The molecule has 2 aromatic rings. The molecule has 0 spiro atoms. The van der Waals surface area contributed by atoms with Crippen molar-refractivity contribution < 1.29 is 19.1 Å². The van der Waals surface area contributed by atoms with Gasteiger partial charge in [0.05, 0.1) is 19.3 Å². The largest absolute Gasteiger partial charge is 0.497 e. The molecular weight excluding hydrogens is 344 g/mol. The fourth-order valence-corrected chi connectivity index (χ4v) is 2.25. The number of benzene rings is 2. The van der Waals surface area contributed by atoms with Gasteiger partial charge >= 0.3 is 11.8 Å². The SMILES string of the molecule is COc1ccc(NC(=O)C(=O)NCc2cccc(COC(C)(C)C)c2)cc1. The van der Waals surface area contributed by atoms with Crippen LogP contribution in [0.4, 0.5) is 5.69 Å². The lowest BCUT2D eigenvalue weighted by atomic mass is 10.1. The molecule has 6 nitrogen and oxygen atoms in total. The zero-order chi connectivity index (χ0) is 19.9. The Morgan fingerprint density at radius 3 is 2.26 bits per heavy atom. The smallest absolute Gasteiger partial charge is 0.313 e. The summed E-state index contributed by atoms with van der Waals surface area (Å²) in [5.41, 5.74) is 2.22. The van der Waals surface area contributed by atoms with Crippen LogP contribution >= 0.6 is 0 Å². The van der Waals surface area contributed by atoms with Crippen molar-refractivity contribution in [3.8, 4) is 5.75 Å². The van der Waals surface area contributed by atoms with E-state index in [2.05, 4.69) is 10.6 Å². The summed E-state index contributed by atoms with van der Waals surface area (Å²) in [5.74, 6) is -0.734. The van der Waals surface area contributed by atoms with E-state index in [-0.39, 0.29) is 12.1 Å². The first-order valence-corrected chi connectivity index (χ1v) is 8.72. The number of amides is 2. The number of rotatable bonds is 6. The zero-order valence-corrected chi connectivity index (χ0v) is 16.2. The van der Waals surface area contributed by atoms with Crippen LogP contribution < -0.4 is 15.4 Å². The molecule has 0 aliphatic rings. The molecule has 0 aliphatic carbocycles. The molecule has 0 saturated heterocycles. The van der Waals surface area contributed by atoms with Gasteiger partial charge in [-0.25, -0.2) is 0 Å². The number of ether oxygens (including phenoxy) is 2. The maximum Gasteiger partial charge on any atom is 0.313 e. The average Bonchev–Trinajstić information content (AvgIpc) is 2.65. The van der Waals surface area contributed by atoms with E-state index in [4.69, 9.17) is 9.47 Å². The van der Waals surface area contributed by atoms with Crippen molar-refractivity contribution in [2.24, 2.45) is 0 Å². The molecule has 0 fully saturated rings. The van der Waals surface area contributed by atoms with Gasteiger partial charge in [-0.1, -0.05) is 24.3 Å². The Labute approximate surface area is 159 Å². The van der Waals surface area contributed by atoms with Gasteiger partial charge in [-0.3, -0.25) is 9.59 Å². The van der Waals surface area contributed by atoms with Crippen molar-refractivity contribution in [1.29, 1.82) is 0 Å². The first kappa shape index (κ1) is 20.5. The predicted octanol–water partition coefficient (Wildman–Crippen LogP) is 3.27. The van der Waals surface area contributed by atoms with E-state index < -0.39 is 11.8 Å². The molecule has 2 amide bonds. The van der Waals surface area contributed by atoms with Crippen molar-refractivity contribution >= 4 is 17.5 Å². The van der Waals surface area contributed by atoms with Gasteiger partial charge in [0.25, 0.3) is 0 Å². The summed E-state index contributed by atoms with van der Waals surface area (Å²) >= 11 is 0. The first-order chi connectivity index (χ1) is 12.8. The Morgan fingerprint density at radius 2 is 1.63 bits per heavy atom. The highest BCUT2D eigenvalue weighted by atomic mass is 16.5. The van der Waals surface area contributed by atoms with Crippen LogP contribution in [0.2, 0.25) is 0 Å². The molecule has 0 saturated carbocycles. The predicted molar refractivity (Wildman–Crippen MR) is 104 cm³/mol. The van der Waals surface area contributed by atoms with Crippen LogP contribution in [-0.2, 0) is 27.5 Å². The van der Waals surface area contributed by atoms with Gasteiger partial charge < -0.3 is 20.1 Å². The molecule has 6 heteroatoms. The summed E-state index contributed by atoms with van der Waals surface area (Å²) in [7, 11) is 1.56. The Kier molecular flexibility index (Phi) is 6.96. The standard InChI is InChI=1S/C21H26N2O4/c1-21(2,3)27-14-16-7-5-6-15(12-16)13-22-19(24)20(25)23-17-8-10-18(26-4)11-9-17/h5-12H,13-14H2,1-4H3,(H,22,24)(H,23,25). The van der Waals surface area contributed by atoms with Gasteiger partial charge in [0.1, 0.15) is 5.75 Å². The summed E-state index contributed by atoms with van der Waals surface area (Å²) in [6.45, 7) is 6.75. The zero-order valence-electron chi connectivity index (χ0n) is 16.2. The second kappa shape index (κ2) is 9.19. The van der Waals surface area contributed by atoms with Gasteiger partial charge in [0.15, 0.2) is 0 Å². The third-order valence-electron chi connectivity index (χ3n) is 3.67. The number of nitrogens with one attached hydrogen (secondary N) is 2. The van der Waals surface area contributed by atoms with Crippen molar-refractivity contribution in [2.45, 2.75) is 39.5 Å². The lowest BCUT2D eigenvalue weighted by Crippen LogP contribution is -2.34. The maximum absolute atomic E-state index is 12.0. The summed E-state index contributed by atoms with van der Waals surface area (Å²) in [6.07, 6.45) is 0. The Bertz CT molecular complexity index is 780. The van der Waals surface area contributed by atoms with Crippen LogP contribution in [0.15, 0.2) is 48.5 Å². The molecule has 0 unspecified atom stereocenters. The molecule has 27 heavy (non-hydrogen) atoms. The summed E-state index contributed by atoms with van der Waals surface area (Å²) in [6, 6.07) is 14.5. The normalized spacial score (nSPS) is 11.0. The number of carbonyl (C=O) groups excluding carboxylic acids is 2. The molecule has 0 radical (unpaired) electrons. The molecule has 0 aliphatic heterocycles. The van der Waals surface area contributed by atoms with Crippen LogP contribution in [0.5, 0.6) is 5.75 Å². The lowest BCUT2D eigenvalue weighted by molar-refractivity contribution is -0.136. The molecule has 144 valence electrons. The Morgan fingerprint density at radius 1 is 0.963 bits per heavy atom. The number of hydrogen-bond acceptors (Lipinski definition) is 4. The summed E-state index contributed by atoms with van der Waals surface area (Å²) in [4.78, 5) is 24.0. The van der Waals surface area contributed by atoms with E-state index >= 15 is 0 Å². The maximum atomic E-state index is 12.0. The molecular formula is C21H26N2O4. The minimum absolute atomic E-state index is 0.218. The number of hydrogen-bond donors (Lipinski definition) is 2. The number of anilines is 1. The van der Waals surface area contributed by atoms with Gasteiger partial charge in [0, 0.05) is 12.2 Å². The molecule has 2 aromatic carbocycles. The Hall–Kier alpha value is -2.86. The van der Waals surface area contributed by atoms with Crippen LogP contribution in [0.3, 0.4) is 0 Å². The molecule has 0 bridgehead atoms. The fraction of sp³-hybridized carbons (Fsp3) is 0.333. The number of carbonyl (C=O) groups is 2. The molecule has 2 N–H and O–H groups in total. The first-order valence-electron chi connectivity index (χ1n) is 8.72. The monoisotopic (exact) mass is 370 g/mol. The number of methoxy groups -OCH3 is 1. The van der Waals surface area contributed by atoms with Crippen molar-refractivity contribution in [3.63, 3.8) is 0 Å². The van der Waals surface area contributed by atoms with E-state index in [0.717, 1.165) is 11.1 Å². The van der Waals surface area contributed by atoms with Crippen LogP contribution in [-0.4, -0.2) is 24.5 Å². The van der Waals surface area contributed by atoms with E-state index in [1.807, 2.05) is 45.0 Å². The van der Waals surface area contributed by atoms with Crippen LogP contribution in [0.1, 0.15) is 31.9 Å².